The predicted octanol–water partition coefficient (Wildman–Crippen LogP) is 1.66. The molecule has 5 fully saturated rings. The number of carbonyl (C=O) groups excluding carboxylic acids is 1. The highest BCUT2D eigenvalue weighted by Gasteiger charge is 2.86. The molecule has 3 saturated heterocycles. The lowest BCUT2D eigenvalue weighted by Crippen LogP contribution is -2.83. The Morgan fingerprint density at radius 2 is 2.06 bits per heavy atom. The Hall–Kier alpha value is -1.58. The third-order valence-electron chi connectivity index (χ3n) is 8.99. The van der Waals surface area contributed by atoms with Crippen molar-refractivity contribution in [3.63, 3.8) is 0 Å². The fraction of sp³-hybridized carbons (Fsp3) is 0.696. The van der Waals surface area contributed by atoms with E-state index in [9.17, 15) is 24.5 Å². The van der Waals surface area contributed by atoms with Crippen LogP contribution >= 0.6 is 0 Å². The number of hydrogen-bond acceptors (Lipinski definition) is 7. The highest BCUT2D eigenvalue weighted by Crippen LogP contribution is 2.74. The monoisotopic (exact) mass is 436 g/mol. The molecule has 6 rings (SSSR count). The van der Waals surface area contributed by atoms with Crippen molar-refractivity contribution in [2.45, 2.75) is 75.8 Å². The van der Waals surface area contributed by atoms with E-state index in [-0.39, 0.29) is 25.4 Å². The summed E-state index contributed by atoms with van der Waals surface area (Å²) in [6, 6.07) is 5.65. The second-order valence-corrected chi connectivity index (χ2v) is 10.2. The maximum Gasteiger partial charge on any atom is 0.312 e. The predicted molar refractivity (Wildman–Crippen MR) is 105 cm³/mol. The van der Waals surface area contributed by atoms with E-state index in [2.05, 4.69) is 0 Å². The molecule has 1 unspecified atom stereocenters. The van der Waals surface area contributed by atoms with Crippen LogP contribution in [0.4, 0.5) is 4.39 Å². The summed E-state index contributed by atoms with van der Waals surface area (Å²) >= 11 is 0. The first-order valence-electron chi connectivity index (χ1n) is 10.8. The molecule has 2 saturated carbocycles. The van der Waals surface area contributed by atoms with Crippen molar-refractivity contribution >= 4 is 5.97 Å². The number of esters is 1. The maximum atomic E-state index is 13.5. The molecule has 3 aliphatic heterocycles. The number of ether oxygens (including phenoxy) is 3. The SMILES string of the molecule is C[C@@H]1CC[C@@]2(O)[C@]13C[C@@]1(OC(=O)Cc4cccc(F)c4)OC(OC[C@@]2(C)[C@@]1(C)O)[C@@H]3O. The van der Waals surface area contributed by atoms with Crippen LogP contribution in [-0.4, -0.2) is 57.3 Å². The highest BCUT2D eigenvalue weighted by molar-refractivity contribution is 5.73. The van der Waals surface area contributed by atoms with Crippen molar-refractivity contribution in [3.05, 3.63) is 35.6 Å². The Morgan fingerprint density at radius 1 is 1.32 bits per heavy atom. The summed E-state index contributed by atoms with van der Waals surface area (Å²) in [6.45, 7) is 5.10. The van der Waals surface area contributed by atoms with Crippen LogP contribution in [0.25, 0.3) is 0 Å². The second-order valence-electron chi connectivity index (χ2n) is 10.2. The summed E-state index contributed by atoms with van der Waals surface area (Å²) in [7, 11) is 0. The minimum atomic E-state index is -1.82. The third-order valence-corrected chi connectivity index (χ3v) is 8.99. The first-order valence-corrected chi connectivity index (χ1v) is 10.8. The topological polar surface area (TPSA) is 105 Å². The van der Waals surface area contributed by atoms with Crippen LogP contribution in [0.5, 0.6) is 0 Å². The summed E-state index contributed by atoms with van der Waals surface area (Å²) in [5.41, 5.74) is -5.15. The molecule has 1 aromatic carbocycles. The van der Waals surface area contributed by atoms with Crippen LogP contribution in [-0.2, 0) is 25.4 Å². The van der Waals surface area contributed by atoms with E-state index in [1.807, 2.05) is 6.92 Å². The second kappa shape index (κ2) is 6.26. The van der Waals surface area contributed by atoms with Gasteiger partial charge in [-0.1, -0.05) is 26.0 Å². The van der Waals surface area contributed by atoms with Crippen LogP contribution in [0.1, 0.15) is 45.6 Å². The minimum absolute atomic E-state index is 0.0594. The van der Waals surface area contributed by atoms with E-state index >= 15 is 0 Å². The normalized spacial score (nSPS) is 50.2. The standard InChI is InChI=1S/C23H29FO7/c1-13-7-8-22(28)19(2)12-29-18-17(26)21(13,22)11-23(31-18,20(19,3)27)30-16(25)10-14-5-4-6-15(24)9-14/h4-6,9,13,17-18,26-28H,7-8,10-12H2,1-3H3/t13-,17+,18?,19+,20-,21-,22+,23-/m1/s1. The zero-order valence-electron chi connectivity index (χ0n) is 17.9. The van der Waals surface area contributed by atoms with Gasteiger partial charge in [0.15, 0.2) is 6.29 Å². The molecule has 7 nitrogen and oxygen atoms in total. The first-order chi connectivity index (χ1) is 14.4. The van der Waals surface area contributed by atoms with Crippen molar-refractivity contribution < 1.29 is 38.7 Å². The summed E-state index contributed by atoms with van der Waals surface area (Å²) in [5, 5.41) is 35.1. The fourth-order valence-electron chi connectivity index (χ4n) is 6.93. The molecule has 1 spiro atoms. The van der Waals surface area contributed by atoms with Crippen LogP contribution in [0.2, 0.25) is 0 Å². The van der Waals surface area contributed by atoms with Gasteiger partial charge in [-0.15, -0.1) is 0 Å². The van der Waals surface area contributed by atoms with Gasteiger partial charge in [-0.25, -0.2) is 4.39 Å². The molecule has 3 N–H and O–H groups in total. The van der Waals surface area contributed by atoms with Crippen molar-refractivity contribution in [1.82, 2.24) is 0 Å². The van der Waals surface area contributed by atoms with Gasteiger partial charge >= 0.3 is 5.97 Å². The smallest absolute Gasteiger partial charge is 0.312 e. The number of benzene rings is 1. The van der Waals surface area contributed by atoms with Gasteiger partial charge in [-0.05, 0) is 43.4 Å². The fourth-order valence-corrected chi connectivity index (χ4v) is 6.93. The van der Waals surface area contributed by atoms with Gasteiger partial charge in [-0.2, -0.15) is 0 Å². The average Bonchev–Trinajstić information content (AvgIpc) is 2.89. The number of aliphatic hydroxyl groups excluding tert-OH is 1. The summed E-state index contributed by atoms with van der Waals surface area (Å²) in [6.07, 6.45) is -1.52. The number of fused-ring (bicyclic) bond motifs is 1. The molecule has 1 aromatic rings. The Bertz CT molecular complexity index is 936. The lowest BCUT2D eigenvalue weighted by atomic mass is 9.43. The van der Waals surface area contributed by atoms with Crippen LogP contribution in [0.3, 0.4) is 0 Å². The summed E-state index contributed by atoms with van der Waals surface area (Å²) in [4.78, 5) is 12.9. The van der Waals surface area contributed by atoms with E-state index in [1.165, 1.54) is 25.1 Å². The van der Waals surface area contributed by atoms with Gasteiger partial charge in [0.1, 0.15) is 17.5 Å². The Labute approximate surface area is 180 Å². The number of carbonyl (C=O) groups is 1. The van der Waals surface area contributed by atoms with Crippen molar-refractivity contribution in [3.8, 4) is 0 Å². The lowest BCUT2D eigenvalue weighted by molar-refractivity contribution is -0.447. The van der Waals surface area contributed by atoms with Gasteiger partial charge < -0.3 is 29.5 Å². The molecule has 8 atom stereocenters. The molecule has 170 valence electrons. The van der Waals surface area contributed by atoms with E-state index in [4.69, 9.17) is 14.2 Å². The third kappa shape index (κ3) is 2.32. The quantitative estimate of drug-likeness (QED) is 0.619. The highest BCUT2D eigenvalue weighted by atomic mass is 19.1. The van der Waals surface area contributed by atoms with Crippen LogP contribution in [0.15, 0.2) is 24.3 Å². The molecule has 5 aliphatic rings. The largest absolute Gasteiger partial charge is 0.429 e. The van der Waals surface area contributed by atoms with Crippen LogP contribution in [0, 0.1) is 22.6 Å². The first kappa shape index (κ1) is 21.3. The number of hydrogen-bond donors (Lipinski definition) is 3. The Morgan fingerprint density at radius 3 is 2.77 bits per heavy atom. The van der Waals surface area contributed by atoms with Crippen molar-refractivity contribution in [2.75, 3.05) is 6.61 Å². The Kier molecular flexibility index (Phi) is 4.30. The van der Waals surface area contributed by atoms with Gasteiger partial charge in [0, 0.05) is 11.8 Å². The molecule has 2 aliphatic carbocycles. The summed E-state index contributed by atoms with van der Waals surface area (Å²) < 4.78 is 31.2. The molecular weight excluding hydrogens is 407 g/mol. The van der Waals surface area contributed by atoms with Gasteiger partial charge in [0.25, 0.3) is 0 Å². The molecule has 3 heterocycles. The van der Waals surface area contributed by atoms with E-state index in [0.717, 1.165) is 0 Å². The molecule has 0 aromatic heterocycles. The van der Waals surface area contributed by atoms with Crippen molar-refractivity contribution in [1.29, 1.82) is 0 Å². The van der Waals surface area contributed by atoms with E-state index in [0.29, 0.717) is 18.4 Å². The zero-order valence-corrected chi connectivity index (χ0v) is 17.9. The minimum Gasteiger partial charge on any atom is -0.429 e. The van der Waals surface area contributed by atoms with E-state index in [1.54, 1.807) is 13.0 Å². The Balaban J connectivity index is 1.58. The van der Waals surface area contributed by atoms with Gasteiger partial charge in [-0.3, -0.25) is 4.79 Å². The lowest BCUT2D eigenvalue weighted by Gasteiger charge is -2.69. The van der Waals surface area contributed by atoms with Crippen LogP contribution < -0.4 is 0 Å². The number of aliphatic hydroxyl groups is 3. The zero-order chi connectivity index (χ0) is 22.4. The number of rotatable bonds is 3. The van der Waals surface area contributed by atoms with Crippen molar-refractivity contribution in [2.24, 2.45) is 16.7 Å². The molecule has 0 amide bonds. The molecule has 0 radical (unpaired) electrons. The number of halogens is 1. The summed E-state index contributed by atoms with van der Waals surface area (Å²) in [5.74, 6) is -3.10. The molecular formula is C23H29FO7. The van der Waals surface area contributed by atoms with Gasteiger partial charge in [0.05, 0.1) is 24.0 Å². The van der Waals surface area contributed by atoms with Gasteiger partial charge in [0.2, 0.25) is 5.79 Å². The molecule has 31 heavy (non-hydrogen) atoms. The molecule has 8 heteroatoms. The molecule has 4 bridgehead atoms. The van der Waals surface area contributed by atoms with E-state index < -0.39 is 52.0 Å². The average molecular weight is 436 g/mol. The maximum absolute atomic E-state index is 13.5.